The molecule has 78 valence electrons. The predicted molar refractivity (Wildman–Crippen MR) is 64.8 cm³/mol. The second-order valence-electron chi connectivity index (χ2n) is 2.79. The Bertz CT molecular complexity index is 315. The maximum absolute atomic E-state index is 5.22. The molecule has 0 aliphatic heterocycles. The second kappa shape index (κ2) is 5.51. The third-order valence-corrected chi connectivity index (χ3v) is 2.71. The fourth-order valence-electron chi connectivity index (χ4n) is 1.24. The smallest absolute Gasteiger partial charge is 0.174 e. The number of ether oxygens (including phenoxy) is 2. The van der Waals surface area contributed by atoms with Gasteiger partial charge in [-0.05, 0) is 45.8 Å². The molecule has 0 unspecified atom stereocenters. The van der Waals surface area contributed by atoms with Crippen LogP contribution in [0, 0.1) is 0 Å². The monoisotopic (exact) mass is 276 g/mol. The van der Waals surface area contributed by atoms with Gasteiger partial charge < -0.3 is 9.47 Å². The molecular formula is C10H13BrO2S. The molecule has 14 heavy (non-hydrogen) atoms. The molecule has 0 bridgehead atoms. The van der Waals surface area contributed by atoms with Gasteiger partial charge in [0, 0.05) is 0 Å². The lowest BCUT2D eigenvalue weighted by Crippen LogP contribution is -1.94. The van der Waals surface area contributed by atoms with Crippen molar-refractivity contribution in [1.29, 1.82) is 0 Å². The van der Waals surface area contributed by atoms with Gasteiger partial charge in [-0.25, -0.2) is 0 Å². The Hall–Kier alpha value is -0.350. The van der Waals surface area contributed by atoms with Gasteiger partial charge in [-0.2, -0.15) is 12.6 Å². The quantitative estimate of drug-likeness (QED) is 0.853. The molecule has 1 aromatic carbocycles. The minimum atomic E-state index is 0.732. The standard InChI is InChI=1S/C10H13BrO2S/c1-12-9-6-7(3-4-14)5-8(11)10(9)13-2/h5-6,14H,3-4H2,1-2H3. The van der Waals surface area contributed by atoms with Crippen LogP contribution >= 0.6 is 28.6 Å². The van der Waals surface area contributed by atoms with Gasteiger partial charge in [-0.15, -0.1) is 0 Å². The number of methoxy groups -OCH3 is 2. The maximum atomic E-state index is 5.22. The summed E-state index contributed by atoms with van der Waals surface area (Å²) in [6.07, 6.45) is 0.919. The Labute approximate surface area is 98.1 Å². The van der Waals surface area contributed by atoms with E-state index in [-0.39, 0.29) is 0 Å². The highest BCUT2D eigenvalue weighted by molar-refractivity contribution is 9.10. The number of thiol groups is 1. The third kappa shape index (κ3) is 2.58. The van der Waals surface area contributed by atoms with Gasteiger partial charge in [0.15, 0.2) is 11.5 Å². The van der Waals surface area contributed by atoms with E-state index in [1.807, 2.05) is 12.1 Å². The maximum Gasteiger partial charge on any atom is 0.174 e. The van der Waals surface area contributed by atoms with Crippen LogP contribution in [0.15, 0.2) is 16.6 Å². The SMILES string of the molecule is COc1cc(CCS)cc(Br)c1OC. The Balaban J connectivity index is 3.10. The van der Waals surface area contributed by atoms with Crippen molar-refractivity contribution >= 4 is 28.6 Å². The number of aryl methyl sites for hydroxylation is 1. The van der Waals surface area contributed by atoms with E-state index in [0.717, 1.165) is 28.1 Å². The molecular weight excluding hydrogens is 264 g/mol. The van der Waals surface area contributed by atoms with E-state index >= 15 is 0 Å². The highest BCUT2D eigenvalue weighted by Gasteiger charge is 2.09. The molecule has 0 aromatic heterocycles. The van der Waals surface area contributed by atoms with Gasteiger partial charge in [0.25, 0.3) is 0 Å². The summed E-state index contributed by atoms with van der Waals surface area (Å²) >= 11 is 7.63. The number of hydrogen-bond acceptors (Lipinski definition) is 3. The van der Waals surface area contributed by atoms with Crippen LogP contribution in [0.1, 0.15) is 5.56 Å². The van der Waals surface area contributed by atoms with E-state index in [2.05, 4.69) is 28.6 Å². The van der Waals surface area contributed by atoms with Crippen LogP contribution in [-0.4, -0.2) is 20.0 Å². The first-order valence-corrected chi connectivity index (χ1v) is 5.66. The summed E-state index contributed by atoms with van der Waals surface area (Å²) in [5.74, 6) is 2.30. The molecule has 0 saturated carbocycles. The second-order valence-corrected chi connectivity index (χ2v) is 4.09. The molecule has 1 aromatic rings. The fraction of sp³-hybridized carbons (Fsp3) is 0.400. The predicted octanol–water partition coefficient (Wildman–Crippen LogP) is 2.94. The number of benzene rings is 1. The normalized spacial score (nSPS) is 10.0. The molecule has 0 saturated heterocycles. The van der Waals surface area contributed by atoms with E-state index < -0.39 is 0 Å². The zero-order valence-electron chi connectivity index (χ0n) is 8.21. The first-order valence-electron chi connectivity index (χ1n) is 4.24. The first kappa shape index (κ1) is 11.7. The van der Waals surface area contributed by atoms with Crippen molar-refractivity contribution in [2.75, 3.05) is 20.0 Å². The molecule has 4 heteroatoms. The molecule has 0 heterocycles. The van der Waals surface area contributed by atoms with Crippen molar-refractivity contribution < 1.29 is 9.47 Å². The van der Waals surface area contributed by atoms with Gasteiger partial charge in [0.05, 0.1) is 18.7 Å². The van der Waals surface area contributed by atoms with Crippen LogP contribution in [0.4, 0.5) is 0 Å². The average molecular weight is 277 g/mol. The zero-order valence-corrected chi connectivity index (χ0v) is 10.7. The van der Waals surface area contributed by atoms with Crippen LogP contribution in [0.3, 0.4) is 0 Å². The van der Waals surface area contributed by atoms with Gasteiger partial charge >= 0.3 is 0 Å². The molecule has 1 rings (SSSR count). The molecule has 0 fully saturated rings. The Morgan fingerprint density at radius 1 is 1.29 bits per heavy atom. The Kier molecular flexibility index (Phi) is 4.62. The molecule has 0 aliphatic carbocycles. The van der Waals surface area contributed by atoms with Crippen molar-refractivity contribution in [3.63, 3.8) is 0 Å². The molecule has 2 nitrogen and oxygen atoms in total. The van der Waals surface area contributed by atoms with E-state index in [0.29, 0.717) is 0 Å². The highest BCUT2D eigenvalue weighted by Crippen LogP contribution is 2.36. The summed E-state index contributed by atoms with van der Waals surface area (Å²) in [5, 5.41) is 0. The van der Waals surface area contributed by atoms with Crippen molar-refractivity contribution in [1.82, 2.24) is 0 Å². The van der Waals surface area contributed by atoms with E-state index in [1.54, 1.807) is 14.2 Å². The van der Waals surface area contributed by atoms with Gasteiger partial charge in [0.1, 0.15) is 0 Å². The summed E-state index contributed by atoms with van der Waals surface area (Å²) < 4.78 is 11.3. The van der Waals surface area contributed by atoms with Crippen LogP contribution in [0.5, 0.6) is 11.5 Å². The van der Waals surface area contributed by atoms with Gasteiger partial charge in [-0.3, -0.25) is 0 Å². The summed E-state index contributed by atoms with van der Waals surface area (Å²) in [6, 6.07) is 4.00. The van der Waals surface area contributed by atoms with Crippen molar-refractivity contribution in [3.8, 4) is 11.5 Å². The lowest BCUT2D eigenvalue weighted by Gasteiger charge is -2.11. The van der Waals surface area contributed by atoms with E-state index in [1.165, 1.54) is 5.56 Å². The third-order valence-electron chi connectivity index (χ3n) is 1.89. The van der Waals surface area contributed by atoms with Gasteiger partial charge in [0.2, 0.25) is 0 Å². The largest absolute Gasteiger partial charge is 0.493 e. The molecule has 0 atom stereocenters. The zero-order chi connectivity index (χ0) is 10.6. The topological polar surface area (TPSA) is 18.5 Å². The lowest BCUT2D eigenvalue weighted by molar-refractivity contribution is 0.352. The number of hydrogen-bond donors (Lipinski definition) is 1. The number of rotatable bonds is 4. The highest BCUT2D eigenvalue weighted by atomic mass is 79.9. The van der Waals surface area contributed by atoms with Crippen LogP contribution in [0.2, 0.25) is 0 Å². The van der Waals surface area contributed by atoms with Gasteiger partial charge in [-0.1, -0.05) is 0 Å². The minimum Gasteiger partial charge on any atom is -0.493 e. The van der Waals surface area contributed by atoms with Crippen molar-refractivity contribution in [2.45, 2.75) is 6.42 Å². The summed E-state index contributed by atoms with van der Waals surface area (Å²) in [5.41, 5.74) is 1.18. The summed E-state index contributed by atoms with van der Waals surface area (Å²) in [4.78, 5) is 0. The molecule has 0 amide bonds. The molecule has 0 N–H and O–H groups in total. The summed E-state index contributed by atoms with van der Waals surface area (Å²) in [6.45, 7) is 0. The minimum absolute atomic E-state index is 0.732. The molecule has 0 spiro atoms. The van der Waals surface area contributed by atoms with Crippen molar-refractivity contribution in [3.05, 3.63) is 22.2 Å². The lowest BCUT2D eigenvalue weighted by atomic mass is 10.1. The molecule has 0 radical (unpaired) electrons. The fourth-order valence-corrected chi connectivity index (χ4v) is 2.15. The summed E-state index contributed by atoms with van der Waals surface area (Å²) in [7, 11) is 3.26. The first-order chi connectivity index (χ1) is 6.72. The Morgan fingerprint density at radius 3 is 2.50 bits per heavy atom. The average Bonchev–Trinajstić information content (AvgIpc) is 2.17. The van der Waals surface area contributed by atoms with Crippen LogP contribution in [0.25, 0.3) is 0 Å². The van der Waals surface area contributed by atoms with Crippen LogP contribution in [-0.2, 0) is 6.42 Å². The number of halogens is 1. The van der Waals surface area contributed by atoms with Crippen LogP contribution < -0.4 is 9.47 Å². The van der Waals surface area contributed by atoms with E-state index in [9.17, 15) is 0 Å². The van der Waals surface area contributed by atoms with E-state index in [4.69, 9.17) is 9.47 Å². The molecule has 0 aliphatic rings. The Morgan fingerprint density at radius 2 is 2.00 bits per heavy atom. The van der Waals surface area contributed by atoms with Crippen molar-refractivity contribution in [2.24, 2.45) is 0 Å².